The quantitative estimate of drug-likeness (QED) is 0.709. The molecule has 0 spiro atoms. The van der Waals surface area contributed by atoms with Crippen molar-refractivity contribution in [3.05, 3.63) is 65.4 Å². The van der Waals surface area contributed by atoms with Gasteiger partial charge in [0.15, 0.2) is 5.69 Å². The van der Waals surface area contributed by atoms with Crippen LogP contribution < -0.4 is 5.32 Å². The molecule has 30 heavy (non-hydrogen) atoms. The summed E-state index contributed by atoms with van der Waals surface area (Å²) < 4.78 is 1.90. The second-order valence-corrected chi connectivity index (χ2v) is 8.34. The lowest BCUT2D eigenvalue weighted by molar-refractivity contribution is 0.0919. The Balaban J connectivity index is 1.50. The van der Waals surface area contributed by atoms with Crippen LogP contribution in [0, 0.1) is 6.92 Å². The van der Waals surface area contributed by atoms with E-state index in [1.54, 1.807) is 0 Å². The number of hydrogen-bond acceptors (Lipinski definition) is 4. The molecule has 0 bridgehead atoms. The molecular weight excluding hydrogens is 374 g/mol. The molecule has 158 valence electrons. The van der Waals surface area contributed by atoms with Crippen LogP contribution in [0.3, 0.4) is 0 Å². The Morgan fingerprint density at radius 1 is 1.13 bits per heavy atom. The molecule has 0 radical (unpaired) electrons. The molecule has 1 aromatic heterocycles. The number of nitrogens with zero attached hydrogens (tertiary/aromatic N) is 4. The zero-order valence-electron chi connectivity index (χ0n) is 18.1. The van der Waals surface area contributed by atoms with Crippen molar-refractivity contribution in [1.82, 2.24) is 24.9 Å². The van der Waals surface area contributed by atoms with Crippen molar-refractivity contribution < 1.29 is 4.79 Å². The SMILES string of the molecule is CCn1nc(C(=O)NC2CN(C)CCN(Cc3cccc(C)c3)C2)c2ccccc21. The Bertz CT molecular complexity index is 1030. The van der Waals surface area contributed by atoms with E-state index in [0.717, 1.165) is 50.2 Å². The van der Waals surface area contributed by atoms with Crippen LogP contribution in [0.1, 0.15) is 28.5 Å². The molecular formula is C24H31N5O. The van der Waals surface area contributed by atoms with Crippen molar-refractivity contribution in [3.63, 3.8) is 0 Å². The fourth-order valence-electron chi connectivity index (χ4n) is 4.33. The van der Waals surface area contributed by atoms with E-state index in [1.165, 1.54) is 11.1 Å². The van der Waals surface area contributed by atoms with Crippen molar-refractivity contribution in [2.45, 2.75) is 33.0 Å². The predicted octanol–water partition coefficient (Wildman–Crippen LogP) is 2.91. The van der Waals surface area contributed by atoms with E-state index < -0.39 is 0 Å². The largest absolute Gasteiger partial charge is 0.345 e. The number of fused-ring (bicyclic) bond motifs is 1. The maximum atomic E-state index is 13.2. The number of likely N-dealkylation sites (N-methyl/N-ethyl adjacent to an activating group) is 1. The number of aromatic nitrogens is 2. The number of para-hydroxylation sites is 1. The molecule has 6 nitrogen and oxygen atoms in total. The zero-order valence-corrected chi connectivity index (χ0v) is 18.1. The molecule has 3 aromatic rings. The van der Waals surface area contributed by atoms with Gasteiger partial charge in [-0.3, -0.25) is 14.4 Å². The number of nitrogens with one attached hydrogen (secondary N) is 1. The number of benzene rings is 2. The van der Waals surface area contributed by atoms with Crippen molar-refractivity contribution in [3.8, 4) is 0 Å². The van der Waals surface area contributed by atoms with Gasteiger partial charge in [-0.2, -0.15) is 5.10 Å². The van der Waals surface area contributed by atoms with Crippen molar-refractivity contribution >= 4 is 16.8 Å². The standard InChI is InChI=1S/C24H31N5O/c1-4-29-22-11-6-5-10-21(22)23(26-29)24(30)25-20-16-27(3)12-13-28(17-20)15-19-9-7-8-18(2)14-19/h5-11,14,20H,4,12-13,15-17H2,1-3H3,(H,25,30). The molecule has 6 heteroatoms. The monoisotopic (exact) mass is 405 g/mol. The molecule has 1 aliphatic rings. The van der Waals surface area contributed by atoms with Gasteiger partial charge in [-0.15, -0.1) is 0 Å². The van der Waals surface area contributed by atoms with E-state index in [1.807, 2.05) is 35.9 Å². The lowest BCUT2D eigenvalue weighted by atomic mass is 10.1. The Kier molecular flexibility index (Phi) is 6.16. The van der Waals surface area contributed by atoms with Gasteiger partial charge >= 0.3 is 0 Å². The van der Waals surface area contributed by atoms with Crippen LogP contribution in [0.4, 0.5) is 0 Å². The number of amides is 1. The lowest BCUT2D eigenvalue weighted by Gasteiger charge is -2.24. The summed E-state index contributed by atoms with van der Waals surface area (Å²) in [4.78, 5) is 17.9. The van der Waals surface area contributed by atoms with Gasteiger partial charge in [0.05, 0.1) is 11.6 Å². The fourth-order valence-corrected chi connectivity index (χ4v) is 4.33. The molecule has 1 amide bonds. The minimum absolute atomic E-state index is 0.0559. The third-order valence-corrected chi connectivity index (χ3v) is 5.81. The fraction of sp³-hybridized carbons (Fsp3) is 0.417. The molecule has 0 aliphatic carbocycles. The average Bonchev–Trinajstić information content (AvgIpc) is 3.02. The van der Waals surface area contributed by atoms with E-state index >= 15 is 0 Å². The van der Waals surface area contributed by atoms with E-state index in [2.05, 4.69) is 58.5 Å². The summed E-state index contributed by atoms with van der Waals surface area (Å²) in [6.07, 6.45) is 0. The maximum absolute atomic E-state index is 13.2. The zero-order chi connectivity index (χ0) is 21.1. The summed E-state index contributed by atoms with van der Waals surface area (Å²) in [7, 11) is 2.12. The molecule has 4 rings (SSSR count). The van der Waals surface area contributed by atoms with Crippen molar-refractivity contribution in [1.29, 1.82) is 0 Å². The van der Waals surface area contributed by atoms with E-state index in [4.69, 9.17) is 0 Å². The highest BCUT2D eigenvalue weighted by Gasteiger charge is 2.25. The van der Waals surface area contributed by atoms with E-state index in [9.17, 15) is 4.79 Å². The number of carbonyl (C=O) groups is 1. The van der Waals surface area contributed by atoms with Crippen LogP contribution in [-0.4, -0.2) is 64.8 Å². The highest BCUT2D eigenvalue weighted by Crippen LogP contribution is 2.19. The normalized spacial score (nSPS) is 18.4. The van der Waals surface area contributed by atoms with Gasteiger partial charge in [0, 0.05) is 44.7 Å². The molecule has 2 heterocycles. The number of aryl methyl sites for hydroxylation is 2. The van der Waals surface area contributed by atoms with Gasteiger partial charge in [0.2, 0.25) is 0 Å². The second kappa shape index (κ2) is 8.98. The molecule has 1 fully saturated rings. The van der Waals surface area contributed by atoms with Gasteiger partial charge < -0.3 is 10.2 Å². The Labute approximate surface area is 178 Å². The highest BCUT2D eigenvalue weighted by molar-refractivity contribution is 6.05. The lowest BCUT2D eigenvalue weighted by Crippen LogP contribution is -2.46. The highest BCUT2D eigenvalue weighted by atomic mass is 16.2. The average molecular weight is 406 g/mol. The van der Waals surface area contributed by atoms with Crippen molar-refractivity contribution in [2.75, 3.05) is 33.2 Å². The first kappa shape index (κ1) is 20.6. The van der Waals surface area contributed by atoms with Gasteiger partial charge in [0.1, 0.15) is 0 Å². The van der Waals surface area contributed by atoms with Crippen LogP contribution >= 0.6 is 0 Å². The van der Waals surface area contributed by atoms with Crippen molar-refractivity contribution in [2.24, 2.45) is 0 Å². The first-order valence-electron chi connectivity index (χ1n) is 10.8. The van der Waals surface area contributed by atoms with Gasteiger partial charge in [-0.05, 0) is 32.5 Å². The molecule has 2 aromatic carbocycles. The number of rotatable bonds is 5. The summed E-state index contributed by atoms with van der Waals surface area (Å²) >= 11 is 0. The molecule has 0 saturated carbocycles. The first-order valence-corrected chi connectivity index (χ1v) is 10.8. The third-order valence-electron chi connectivity index (χ3n) is 5.81. The smallest absolute Gasteiger partial charge is 0.272 e. The second-order valence-electron chi connectivity index (χ2n) is 8.34. The molecule has 1 unspecified atom stereocenters. The topological polar surface area (TPSA) is 53.4 Å². The minimum Gasteiger partial charge on any atom is -0.345 e. The van der Waals surface area contributed by atoms with Crippen LogP contribution in [0.5, 0.6) is 0 Å². The summed E-state index contributed by atoms with van der Waals surface area (Å²) in [6.45, 7) is 9.46. The summed E-state index contributed by atoms with van der Waals surface area (Å²) in [5, 5.41) is 8.77. The van der Waals surface area contributed by atoms with Crippen LogP contribution in [-0.2, 0) is 13.1 Å². The van der Waals surface area contributed by atoms with Crippen LogP contribution in [0.2, 0.25) is 0 Å². The summed E-state index contributed by atoms with van der Waals surface area (Å²) in [6, 6.07) is 16.7. The number of hydrogen-bond donors (Lipinski definition) is 1. The third kappa shape index (κ3) is 4.55. The molecule has 1 N–H and O–H groups in total. The molecule has 1 saturated heterocycles. The molecule has 1 aliphatic heterocycles. The summed E-state index contributed by atoms with van der Waals surface area (Å²) in [5.41, 5.74) is 4.12. The Morgan fingerprint density at radius 2 is 1.97 bits per heavy atom. The predicted molar refractivity (Wildman–Crippen MR) is 121 cm³/mol. The summed E-state index contributed by atoms with van der Waals surface area (Å²) in [5.74, 6) is -0.0887. The minimum atomic E-state index is -0.0887. The van der Waals surface area contributed by atoms with E-state index in [0.29, 0.717) is 5.69 Å². The first-order chi connectivity index (χ1) is 14.5. The van der Waals surface area contributed by atoms with Gasteiger partial charge in [-0.25, -0.2) is 0 Å². The van der Waals surface area contributed by atoms with Crippen LogP contribution in [0.15, 0.2) is 48.5 Å². The number of carbonyl (C=O) groups excluding carboxylic acids is 1. The van der Waals surface area contributed by atoms with E-state index in [-0.39, 0.29) is 11.9 Å². The van der Waals surface area contributed by atoms with Gasteiger partial charge in [0.25, 0.3) is 5.91 Å². The molecule has 1 atom stereocenters. The van der Waals surface area contributed by atoms with Crippen LogP contribution in [0.25, 0.3) is 10.9 Å². The van der Waals surface area contributed by atoms with Gasteiger partial charge in [-0.1, -0.05) is 48.0 Å². The Hall–Kier alpha value is -2.70. The Morgan fingerprint density at radius 3 is 2.77 bits per heavy atom. The maximum Gasteiger partial charge on any atom is 0.272 e.